The molecule has 0 aliphatic heterocycles. The molecule has 0 bridgehead atoms. The standard InChI is InChI=1S/C11H17NO3/c1-8(7-9-5-4-6-15-9)12-10(13)11(2,3)14/h4-6,8,14H,7H2,1-3H3,(H,12,13). The Bertz CT molecular complexity index is 311. The molecule has 1 atom stereocenters. The van der Waals surface area contributed by atoms with Gasteiger partial charge < -0.3 is 14.8 Å². The summed E-state index contributed by atoms with van der Waals surface area (Å²) in [6.45, 7) is 4.79. The van der Waals surface area contributed by atoms with Gasteiger partial charge in [0.2, 0.25) is 0 Å². The van der Waals surface area contributed by atoms with Crippen LogP contribution in [-0.4, -0.2) is 22.7 Å². The van der Waals surface area contributed by atoms with Crippen molar-refractivity contribution in [2.75, 3.05) is 0 Å². The Morgan fingerprint density at radius 2 is 2.33 bits per heavy atom. The van der Waals surface area contributed by atoms with Crippen LogP contribution in [0.4, 0.5) is 0 Å². The van der Waals surface area contributed by atoms with Crippen LogP contribution in [0.2, 0.25) is 0 Å². The average Bonchev–Trinajstić information content (AvgIpc) is 2.54. The third-order valence-corrected chi connectivity index (χ3v) is 2.02. The van der Waals surface area contributed by atoms with E-state index in [1.807, 2.05) is 13.0 Å². The van der Waals surface area contributed by atoms with Crippen molar-refractivity contribution < 1.29 is 14.3 Å². The Morgan fingerprint density at radius 1 is 1.67 bits per heavy atom. The van der Waals surface area contributed by atoms with Crippen LogP contribution in [0.1, 0.15) is 26.5 Å². The molecule has 4 nitrogen and oxygen atoms in total. The van der Waals surface area contributed by atoms with Crippen LogP contribution in [0.3, 0.4) is 0 Å². The van der Waals surface area contributed by atoms with Gasteiger partial charge in [0, 0.05) is 12.5 Å². The fourth-order valence-corrected chi connectivity index (χ4v) is 1.18. The van der Waals surface area contributed by atoms with E-state index in [2.05, 4.69) is 5.32 Å². The van der Waals surface area contributed by atoms with Crippen LogP contribution in [0, 0.1) is 0 Å². The lowest BCUT2D eigenvalue weighted by atomic mass is 10.1. The summed E-state index contributed by atoms with van der Waals surface area (Å²) in [4.78, 5) is 11.4. The first-order valence-corrected chi connectivity index (χ1v) is 4.95. The predicted molar refractivity (Wildman–Crippen MR) is 56.3 cm³/mol. The predicted octanol–water partition coefficient (Wildman–Crippen LogP) is 1.10. The van der Waals surface area contributed by atoms with Crippen molar-refractivity contribution >= 4 is 5.91 Å². The lowest BCUT2D eigenvalue weighted by Gasteiger charge is -2.20. The number of hydrogen-bond donors (Lipinski definition) is 2. The largest absolute Gasteiger partial charge is 0.469 e. The molecule has 1 rings (SSSR count). The highest BCUT2D eigenvalue weighted by Crippen LogP contribution is 2.06. The lowest BCUT2D eigenvalue weighted by Crippen LogP contribution is -2.46. The van der Waals surface area contributed by atoms with E-state index in [9.17, 15) is 9.90 Å². The Hall–Kier alpha value is -1.29. The summed E-state index contributed by atoms with van der Waals surface area (Å²) < 4.78 is 5.16. The van der Waals surface area contributed by atoms with Crippen molar-refractivity contribution in [3.8, 4) is 0 Å². The third kappa shape index (κ3) is 3.75. The van der Waals surface area contributed by atoms with E-state index in [1.165, 1.54) is 13.8 Å². The first-order valence-electron chi connectivity index (χ1n) is 4.95. The van der Waals surface area contributed by atoms with Gasteiger partial charge in [-0.25, -0.2) is 0 Å². The number of rotatable bonds is 4. The quantitative estimate of drug-likeness (QED) is 0.783. The van der Waals surface area contributed by atoms with Crippen molar-refractivity contribution in [2.24, 2.45) is 0 Å². The van der Waals surface area contributed by atoms with Crippen LogP contribution in [-0.2, 0) is 11.2 Å². The second-order valence-electron chi connectivity index (χ2n) is 4.22. The number of carbonyl (C=O) groups excluding carboxylic acids is 1. The summed E-state index contributed by atoms with van der Waals surface area (Å²) in [7, 11) is 0. The summed E-state index contributed by atoms with van der Waals surface area (Å²) in [5.41, 5.74) is -1.34. The van der Waals surface area contributed by atoms with Gasteiger partial charge in [-0.3, -0.25) is 4.79 Å². The molecule has 0 aliphatic rings. The second kappa shape index (κ2) is 4.49. The zero-order valence-corrected chi connectivity index (χ0v) is 9.28. The summed E-state index contributed by atoms with van der Waals surface area (Å²) in [5.74, 6) is 0.445. The lowest BCUT2D eigenvalue weighted by molar-refractivity contribution is -0.137. The van der Waals surface area contributed by atoms with Gasteiger partial charge in [-0.1, -0.05) is 0 Å². The number of nitrogens with one attached hydrogen (secondary N) is 1. The van der Waals surface area contributed by atoms with E-state index in [-0.39, 0.29) is 11.9 Å². The van der Waals surface area contributed by atoms with Crippen LogP contribution >= 0.6 is 0 Å². The summed E-state index contributed by atoms with van der Waals surface area (Å²) >= 11 is 0. The normalized spacial score (nSPS) is 13.6. The van der Waals surface area contributed by atoms with E-state index >= 15 is 0 Å². The topological polar surface area (TPSA) is 62.5 Å². The summed E-state index contributed by atoms with van der Waals surface area (Å²) in [6.07, 6.45) is 2.22. The minimum Gasteiger partial charge on any atom is -0.469 e. The molecule has 0 saturated carbocycles. The van der Waals surface area contributed by atoms with Gasteiger partial charge in [0.1, 0.15) is 11.4 Å². The molecule has 1 aromatic rings. The number of amides is 1. The van der Waals surface area contributed by atoms with E-state index in [0.29, 0.717) is 6.42 Å². The monoisotopic (exact) mass is 211 g/mol. The van der Waals surface area contributed by atoms with E-state index in [4.69, 9.17) is 4.42 Å². The van der Waals surface area contributed by atoms with Crippen molar-refractivity contribution in [3.63, 3.8) is 0 Å². The van der Waals surface area contributed by atoms with Gasteiger partial charge in [0.05, 0.1) is 6.26 Å². The molecule has 1 aromatic heterocycles. The van der Waals surface area contributed by atoms with Crippen LogP contribution < -0.4 is 5.32 Å². The zero-order valence-electron chi connectivity index (χ0n) is 9.28. The maximum Gasteiger partial charge on any atom is 0.251 e. The highest BCUT2D eigenvalue weighted by molar-refractivity contribution is 5.84. The van der Waals surface area contributed by atoms with Crippen LogP contribution in [0.5, 0.6) is 0 Å². The van der Waals surface area contributed by atoms with Gasteiger partial charge >= 0.3 is 0 Å². The van der Waals surface area contributed by atoms with Crippen molar-refractivity contribution in [3.05, 3.63) is 24.2 Å². The first-order chi connectivity index (χ1) is 6.89. The number of hydrogen-bond acceptors (Lipinski definition) is 3. The highest BCUT2D eigenvalue weighted by atomic mass is 16.3. The zero-order chi connectivity index (χ0) is 11.5. The van der Waals surface area contributed by atoms with Gasteiger partial charge in [-0.05, 0) is 32.9 Å². The Morgan fingerprint density at radius 3 is 2.80 bits per heavy atom. The molecule has 2 N–H and O–H groups in total. The smallest absolute Gasteiger partial charge is 0.251 e. The molecular weight excluding hydrogens is 194 g/mol. The molecule has 1 unspecified atom stereocenters. The number of carbonyl (C=O) groups is 1. The van der Waals surface area contributed by atoms with Crippen molar-refractivity contribution in [1.29, 1.82) is 0 Å². The van der Waals surface area contributed by atoms with Crippen LogP contribution in [0.15, 0.2) is 22.8 Å². The minimum atomic E-state index is -1.34. The molecule has 84 valence electrons. The number of furan rings is 1. The Kier molecular flexibility index (Phi) is 3.52. The van der Waals surface area contributed by atoms with Crippen molar-refractivity contribution in [1.82, 2.24) is 5.32 Å². The van der Waals surface area contributed by atoms with E-state index in [0.717, 1.165) is 5.76 Å². The first kappa shape index (κ1) is 11.8. The Labute approximate surface area is 89.3 Å². The fraction of sp³-hybridized carbons (Fsp3) is 0.545. The molecule has 15 heavy (non-hydrogen) atoms. The molecule has 0 radical (unpaired) electrons. The SMILES string of the molecule is CC(Cc1ccco1)NC(=O)C(C)(C)O. The molecule has 0 aromatic carbocycles. The molecule has 1 heterocycles. The molecule has 0 spiro atoms. The average molecular weight is 211 g/mol. The molecule has 0 saturated heterocycles. The van der Waals surface area contributed by atoms with Crippen LogP contribution in [0.25, 0.3) is 0 Å². The second-order valence-corrected chi connectivity index (χ2v) is 4.22. The molecule has 4 heteroatoms. The van der Waals surface area contributed by atoms with Gasteiger partial charge in [-0.2, -0.15) is 0 Å². The molecule has 1 amide bonds. The number of aliphatic hydroxyl groups is 1. The van der Waals surface area contributed by atoms with Gasteiger partial charge in [0.15, 0.2) is 0 Å². The van der Waals surface area contributed by atoms with E-state index < -0.39 is 5.60 Å². The van der Waals surface area contributed by atoms with E-state index in [1.54, 1.807) is 12.3 Å². The molecule has 0 fully saturated rings. The fourth-order valence-electron chi connectivity index (χ4n) is 1.18. The minimum absolute atomic E-state index is 0.0601. The van der Waals surface area contributed by atoms with Gasteiger partial charge in [-0.15, -0.1) is 0 Å². The molecular formula is C11H17NO3. The summed E-state index contributed by atoms with van der Waals surface area (Å²) in [5, 5.41) is 12.1. The maximum absolute atomic E-state index is 11.4. The third-order valence-electron chi connectivity index (χ3n) is 2.02. The summed E-state index contributed by atoms with van der Waals surface area (Å²) in [6, 6.07) is 3.60. The van der Waals surface area contributed by atoms with Crippen molar-refractivity contribution in [2.45, 2.75) is 38.8 Å². The molecule has 0 aliphatic carbocycles. The Balaban J connectivity index is 2.43. The maximum atomic E-state index is 11.4. The van der Waals surface area contributed by atoms with Gasteiger partial charge in [0.25, 0.3) is 5.91 Å². The highest BCUT2D eigenvalue weighted by Gasteiger charge is 2.24.